The highest BCUT2D eigenvalue weighted by Gasteiger charge is 2.21. The lowest BCUT2D eigenvalue weighted by atomic mass is 10.1. The molecule has 0 aliphatic carbocycles. The first-order chi connectivity index (χ1) is 15.0. The molecule has 1 aromatic heterocycles. The molecule has 1 aliphatic rings. The van der Waals surface area contributed by atoms with Crippen LogP contribution in [0.5, 0.6) is 5.75 Å². The van der Waals surface area contributed by atoms with Crippen LogP contribution in [0, 0.1) is 0 Å². The van der Waals surface area contributed by atoms with Gasteiger partial charge in [0.1, 0.15) is 12.3 Å². The van der Waals surface area contributed by atoms with E-state index in [1.165, 1.54) is 23.6 Å². The molecular weight excluding hydrogens is 416 g/mol. The van der Waals surface area contributed by atoms with Gasteiger partial charge >= 0.3 is 0 Å². The second-order valence-electron chi connectivity index (χ2n) is 7.45. The van der Waals surface area contributed by atoms with Crippen molar-refractivity contribution in [2.24, 2.45) is 0 Å². The molecule has 160 valence electrons. The van der Waals surface area contributed by atoms with Gasteiger partial charge in [-0.15, -0.1) is 0 Å². The van der Waals surface area contributed by atoms with Crippen molar-refractivity contribution >= 4 is 23.2 Å². The fourth-order valence-corrected chi connectivity index (χ4v) is 3.96. The van der Waals surface area contributed by atoms with E-state index in [0.717, 1.165) is 18.8 Å². The van der Waals surface area contributed by atoms with Gasteiger partial charge in [-0.05, 0) is 30.2 Å². The first-order valence-electron chi connectivity index (χ1n) is 10.0. The summed E-state index contributed by atoms with van der Waals surface area (Å²) in [5.74, 6) is 0.197. The first-order valence-corrected chi connectivity index (χ1v) is 10.4. The Morgan fingerprint density at radius 1 is 1.23 bits per heavy atom. The van der Waals surface area contributed by atoms with Crippen LogP contribution in [0.15, 0.2) is 59.7 Å². The van der Waals surface area contributed by atoms with E-state index >= 15 is 0 Å². The van der Waals surface area contributed by atoms with Crippen LogP contribution in [0.4, 0.5) is 5.69 Å². The van der Waals surface area contributed by atoms with Crippen LogP contribution < -0.4 is 15.6 Å². The predicted octanol–water partition coefficient (Wildman–Crippen LogP) is 3.10. The highest BCUT2D eigenvalue weighted by atomic mass is 35.5. The number of hydrogen-bond acceptors (Lipinski definition) is 5. The Hall–Kier alpha value is -3.16. The third-order valence-electron chi connectivity index (χ3n) is 5.27. The van der Waals surface area contributed by atoms with Crippen LogP contribution in [-0.4, -0.2) is 34.0 Å². The molecule has 8 heteroatoms. The van der Waals surface area contributed by atoms with E-state index in [1.54, 1.807) is 18.2 Å². The number of nitrogens with one attached hydrogen (secondary N) is 1. The smallest absolute Gasteiger partial charge is 0.257 e. The molecule has 1 aliphatic heterocycles. The Bertz CT molecular complexity index is 1150. The fraction of sp³-hybridized carbons (Fsp3) is 0.261. The summed E-state index contributed by atoms with van der Waals surface area (Å²) in [4.78, 5) is 32.1. The Balaban J connectivity index is 1.42. The summed E-state index contributed by atoms with van der Waals surface area (Å²) in [6, 6.07) is 15.2. The number of rotatable bonds is 6. The molecule has 0 saturated carbocycles. The molecule has 2 aromatic carbocycles. The van der Waals surface area contributed by atoms with E-state index in [4.69, 9.17) is 16.3 Å². The number of ether oxygens (including phenoxy) is 1. The van der Waals surface area contributed by atoms with Crippen LogP contribution >= 0.6 is 11.6 Å². The highest BCUT2D eigenvalue weighted by Crippen LogP contribution is 2.27. The number of hydrogen-bond donors (Lipinski definition) is 1. The number of nitrogens with zero attached hydrogens (tertiary/aromatic N) is 3. The lowest BCUT2D eigenvalue weighted by Crippen LogP contribution is -2.38. The van der Waals surface area contributed by atoms with E-state index in [2.05, 4.69) is 27.3 Å². The summed E-state index contributed by atoms with van der Waals surface area (Å²) in [5.41, 5.74) is 3.08. The summed E-state index contributed by atoms with van der Waals surface area (Å²) < 4.78 is 6.46. The van der Waals surface area contributed by atoms with E-state index in [0.29, 0.717) is 35.0 Å². The van der Waals surface area contributed by atoms with Gasteiger partial charge in [-0.3, -0.25) is 19.1 Å². The molecule has 0 bridgehead atoms. The average molecular weight is 439 g/mol. The number of benzene rings is 2. The van der Waals surface area contributed by atoms with Gasteiger partial charge in [0.05, 0.1) is 24.2 Å². The molecule has 0 radical (unpaired) electrons. The molecule has 0 saturated heterocycles. The van der Waals surface area contributed by atoms with Crippen molar-refractivity contribution in [1.29, 1.82) is 0 Å². The third kappa shape index (κ3) is 4.95. The standard InChI is InChI=1S/C23H23ClN4O3/c1-31-21-8-7-17(11-19(21)24)26-22(29)14-28-15-25-20-13-27(10-9-18(20)23(28)30)12-16-5-3-2-4-6-16/h2-8,11,15H,9-10,12-14H2,1H3,(H,26,29). The molecular formula is C23H23ClN4O3. The van der Waals surface area contributed by atoms with E-state index < -0.39 is 0 Å². The van der Waals surface area contributed by atoms with Crippen molar-refractivity contribution in [1.82, 2.24) is 14.5 Å². The Morgan fingerprint density at radius 3 is 2.77 bits per heavy atom. The molecule has 0 fully saturated rings. The Kier molecular flexibility index (Phi) is 6.34. The fourth-order valence-electron chi connectivity index (χ4n) is 3.70. The Morgan fingerprint density at radius 2 is 2.03 bits per heavy atom. The third-order valence-corrected chi connectivity index (χ3v) is 5.57. The maximum absolute atomic E-state index is 12.9. The predicted molar refractivity (Wildman–Crippen MR) is 119 cm³/mol. The van der Waals surface area contributed by atoms with Crippen molar-refractivity contribution in [3.05, 3.63) is 87.1 Å². The molecule has 31 heavy (non-hydrogen) atoms. The van der Waals surface area contributed by atoms with Crippen LogP contribution in [0.25, 0.3) is 0 Å². The Labute approximate surface area is 185 Å². The number of halogens is 1. The number of carbonyl (C=O) groups excluding carboxylic acids is 1. The van der Waals surface area contributed by atoms with E-state index in [-0.39, 0.29) is 18.0 Å². The van der Waals surface area contributed by atoms with Crippen molar-refractivity contribution in [2.45, 2.75) is 26.1 Å². The van der Waals surface area contributed by atoms with E-state index in [1.807, 2.05) is 18.2 Å². The minimum Gasteiger partial charge on any atom is -0.495 e. The summed E-state index contributed by atoms with van der Waals surface area (Å²) >= 11 is 6.10. The second kappa shape index (κ2) is 9.32. The lowest BCUT2D eigenvalue weighted by molar-refractivity contribution is -0.116. The van der Waals surface area contributed by atoms with Gasteiger partial charge in [0.2, 0.25) is 5.91 Å². The van der Waals surface area contributed by atoms with Gasteiger partial charge < -0.3 is 10.1 Å². The van der Waals surface area contributed by atoms with Crippen molar-refractivity contribution in [2.75, 3.05) is 19.0 Å². The minimum atomic E-state index is -0.327. The van der Waals surface area contributed by atoms with Crippen molar-refractivity contribution in [3.63, 3.8) is 0 Å². The van der Waals surface area contributed by atoms with Gasteiger partial charge in [-0.25, -0.2) is 4.98 Å². The van der Waals surface area contributed by atoms with Crippen LogP contribution in [0.1, 0.15) is 16.8 Å². The second-order valence-corrected chi connectivity index (χ2v) is 7.85. The molecule has 7 nitrogen and oxygen atoms in total. The number of aromatic nitrogens is 2. The molecule has 1 amide bonds. The zero-order valence-corrected chi connectivity index (χ0v) is 17.9. The minimum absolute atomic E-state index is 0.115. The zero-order chi connectivity index (χ0) is 21.8. The van der Waals surface area contributed by atoms with Gasteiger partial charge in [0.25, 0.3) is 5.56 Å². The van der Waals surface area contributed by atoms with E-state index in [9.17, 15) is 9.59 Å². The molecule has 0 spiro atoms. The van der Waals surface area contributed by atoms with Crippen molar-refractivity contribution in [3.8, 4) is 5.75 Å². The maximum atomic E-state index is 12.9. The molecule has 0 unspecified atom stereocenters. The molecule has 0 atom stereocenters. The van der Waals surface area contributed by atoms with Crippen LogP contribution in [-0.2, 0) is 30.8 Å². The SMILES string of the molecule is COc1ccc(NC(=O)Cn2cnc3c(c2=O)CCN(Cc2ccccc2)C3)cc1Cl. The number of carbonyl (C=O) groups is 1. The van der Waals surface area contributed by atoms with Crippen LogP contribution in [0.2, 0.25) is 5.02 Å². The first kappa shape index (κ1) is 21.1. The lowest BCUT2D eigenvalue weighted by Gasteiger charge is -2.27. The molecule has 2 heterocycles. The number of amides is 1. The topological polar surface area (TPSA) is 76.5 Å². The summed E-state index contributed by atoms with van der Waals surface area (Å²) in [5, 5.41) is 3.15. The van der Waals surface area contributed by atoms with Gasteiger partial charge in [0, 0.05) is 30.9 Å². The quantitative estimate of drug-likeness (QED) is 0.640. The molecule has 1 N–H and O–H groups in total. The van der Waals surface area contributed by atoms with Gasteiger partial charge in [0.15, 0.2) is 0 Å². The summed E-state index contributed by atoms with van der Waals surface area (Å²) in [6.45, 7) is 2.10. The molecule has 4 rings (SSSR count). The zero-order valence-electron chi connectivity index (χ0n) is 17.2. The van der Waals surface area contributed by atoms with Crippen LogP contribution in [0.3, 0.4) is 0 Å². The maximum Gasteiger partial charge on any atom is 0.257 e. The largest absolute Gasteiger partial charge is 0.495 e. The van der Waals surface area contributed by atoms with Gasteiger partial charge in [-0.1, -0.05) is 41.9 Å². The number of methoxy groups -OCH3 is 1. The van der Waals surface area contributed by atoms with Crippen molar-refractivity contribution < 1.29 is 9.53 Å². The molecule has 3 aromatic rings. The summed E-state index contributed by atoms with van der Waals surface area (Å²) in [6.07, 6.45) is 2.07. The number of anilines is 1. The number of fused-ring (bicyclic) bond motifs is 1. The average Bonchev–Trinajstić information content (AvgIpc) is 2.76. The van der Waals surface area contributed by atoms with Gasteiger partial charge in [-0.2, -0.15) is 0 Å². The monoisotopic (exact) mass is 438 g/mol. The highest BCUT2D eigenvalue weighted by molar-refractivity contribution is 6.32. The normalized spacial score (nSPS) is 13.5. The summed E-state index contributed by atoms with van der Waals surface area (Å²) in [7, 11) is 1.52.